The van der Waals surface area contributed by atoms with Gasteiger partial charge in [0.2, 0.25) is 0 Å². The second kappa shape index (κ2) is 11.2. The minimum absolute atomic E-state index is 0.650. The van der Waals surface area contributed by atoms with Crippen molar-refractivity contribution in [1.29, 1.82) is 0 Å². The summed E-state index contributed by atoms with van der Waals surface area (Å²) in [4.78, 5) is 0. The summed E-state index contributed by atoms with van der Waals surface area (Å²) in [6.45, 7) is 4.26. The summed E-state index contributed by atoms with van der Waals surface area (Å²) < 4.78 is 16.8. The predicted molar refractivity (Wildman–Crippen MR) is 80.8 cm³/mol. The fourth-order valence-corrected chi connectivity index (χ4v) is 1.87. The van der Waals surface area contributed by atoms with Crippen LogP contribution in [0.2, 0.25) is 0 Å². The van der Waals surface area contributed by atoms with E-state index in [1.807, 2.05) is 24.3 Å². The molecule has 0 fully saturated rings. The standard InChI is InChI=1S/C14H22BrNO3/c1-17-10-11-19-8-3-7-18-9-6-16-14-5-2-4-13(15)12-14/h2,4-5,12,16H,3,6-11H2,1H3. The third kappa shape index (κ3) is 8.99. The highest BCUT2D eigenvalue weighted by molar-refractivity contribution is 9.10. The van der Waals surface area contributed by atoms with Gasteiger partial charge in [-0.1, -0.05) is 22.0 Å². The molecule has 0 spiro atoms. The summed E-state index contributed by atoms with van der Waals surface area (Å²) in [5, 5.41) is 3.30. The molecule has 1 aromatic carbocycles. The van der Waals surface area contributed by atoms with Crippen molar-refractivity contribution >= 4 is 21.6 Å². The zero-order valence-corrected chi connectivity index (χ0v) is 12.9. The smallest absolute Gasteiger partial charge is 0.0700 e. The van der Waals surface area contributed by atoms with Crippen LogP contribution in [0.25, 0.3) is 0 Å². The molecule has 1 aromatic rings. The zero-order chi connectivity index (χ0) is 13.8. The fraction of sp³-hybridized carbons (Fsp3) is 0.571. The number of benzene rings is 1. The third-order valence-electron chi connectivity index (χ3n) is 2.41. The lowest BCUT2D eigenvalue weighted by Gasteiger charge is -2.08. The topological polar surface area (TPSA) is 39.7 Å². The molecular weight excluding hydrogens is 310 g/mol. The first-order valence-electron chi connectivity index (χ1n) is 6.47. The van der Waals surface area contributed by atoms with Gasteiger partial charge in [0.05, 0.1) is 19.8 Å². The number of hydrogen-bond acceptors (Lipinski definition) is 4. The Hall–Kier alpha value is -0.620. The van der Waals surface area contributed by atoms with Gasteiger partial charge in [-0.25, -0.2) is 0 Å². The van der Waals surface area contributed by atoms with Crippen LogP contribution < -0.4 is 5.32 Å². The van der Waals surface area contributed by atoms with Crippen LogP contribution >= 0.6 is 15.9 Å². The van der Waals surface area contributed by atoms with E-state index in [0.717, 1.165) is 36.3 Å². The van der Waals surface area contributed by atoms with Crippen LogP contribution in [-0.2, 0) is 14.2 Å². The van der Waals surface area contributed by atoms with Crippen molar-refractivity contribution in [2.45, 2.75) is 6.42 Å². The molecule has 1 rings (SSSR count). The van der Waals surface area contributed by atoms with E-state index < -0.39 is 0 Å². The van der Waals surface area contributed by atoms with E-state index in [1.165, 1.54) is 0 Å². The molecule has 0 saturated carbocycles. The molecule has 0 saturated heterocycles. The van der Waals surface area contributed by atoms with Gasteiger partial charge in [-0.2, -0.15) is 0 Å². The van der Waals surface area contributed by atoms with Gasteiger partial charge < -0.3 is 19.5 Å². The molecule has 0 atom stereocenters. The van der Waals surface area contributed by atoms with Gasteiger partial charge in [0.1, 0.15) is 0 Å². The lowest BCUT2D eigenvalue weighted by Crippen LogP contribution is -2.11. The average Bonchev–Trinajstić information content (AvgIpc) is 2.41. The molecular formula is C14H22BrNO3. The van der Waals surface area contributed by atoms with Crippen molar-refractivity contribution in [3.8, 4) is 0 Å². The number of methoxy groups -OCH3 is 1. The van der Waals surface area contributed by atoms with Gasteiger partial charge in [-0.3, -0.25) is 0 Å². The number of rotatable bonds is 11. The highest BCUT2D eigenvalue weighted by Crippen LogP contribution is 2.15. The third-order valence-corrected chi connectivity index (χ3v) is 2.90. The Labute approximate surface area is 123 Å². The largest absolute Gasteiger partial charge is 0.383 e. The summed E-state index contributed by atoms with van der Waals surface area (Å²) in [6, 6.07) is 8.09. The Morgan fingerprint density at radius 3 is 2.58 bits per heavy atom. The SMILES string of the molecule is COCCOCCCOCCNc1cccc(Br)c1. The molecule has 0 bridgehead atoms. The first kappa shape index (κ1) is 16.4. The van der Waals surface area contributed by atoms with Crippen molar-refractivity contribution in [3.05, 3.63) is 28.7 Å². The van der Waals surface area contributed by atoms with E-state index in [0.29, 0.717) is 19.8 Å². The van der Waals surface area contributed by atoms with Crippen LogP contribution in [-0.4, -0.2) is 46.7 Å². The Morgan fingerprint density at radius 1 is 1.05 bits per heavy atom. The molecule has 0 radical (unpaired) electrons. The molecule has 108 valence electrons. The molecule has 1 N–H and O–H groups in total. The zero-order valence-electron chi connectivity index (χ0n) is 11.4. The molecule has 4 nitrogen and oxygen atoms in total. The quantitative estimate of drug-likeness (QED) is 0.633. The van der Waals surface area contributed by atoms with E-state index in [4.69, 9.17) is 14.2 Å². The van der Waals surface area contributed by atoms with Crippen LogP contribution in [0.4, 0.5) is 5.69 Å². The van der Waals surface area contributed by atoms with Gasteiger partial charge in [-0.15, -0.1) is 0 Å². The molecule has 0 unspecified atom stereocenters. The molecule has 5 heteroatoms. The molecule has 0 heterocycles. The van der Waals surface area contributed by atoms with Crippen molar-refractivity contribution in [2.75, 3.05) is 52.0 Å². The first-order valence-corrected chi connectivity index (χ1v) is 7.26. The second-order valence-corrected chi connectivity index (χ2v) is 4.92. The lowest BCUT2D eigenvalue weighted by molar-refractivity contribution is 0.0529. The van der Waals surface area contributed by atoms with Crippen LogP contribution in [0.3, 0.4) is 0 Å². The Balaban J connectivity index is 1.89. The van der Waals surface area contributed by atoms with E-state index in [9.17, 15) is 0 Å². The maximum Gasteiger partial charge on any atom is 0.0700 e. The van der Waals surface area contributed by atoms with Gasteiger partial charge >= 0.3 is 0 Å². The summed E-state index contributed by atoms with van der Waals surface area (Å²) in [7, 11) is 1.67. The minimum atomic E-state index is 0.650. The predicted octanol–water partition coefficient (Wildman–Crippen LogP) is 2.93. The van der Waals surface area contributed by atoms with E-state index in [2.05, 4.69) is 21.2 Å². The Kier molecular flexibility index (Phi) is 9.71. The van der Waals surface area contributed by atoms with Gasteiger partial charge in [0.15, 0.2) is 0 Å². The summed E-state index contributed by atoms with van der Waals surface area (Å²) in [5.41, 5.74) is 1.10. The molecule has 19 heavy (non-hydrogen) atoms. The number of ether oxygens (including phenoxy) is 3. The summed E-state index contributed by atoms with van der Waals surface area (Å²) in [5.74, 6) is 0. The Morgan fingerprint density at radius 2 is 1.84 bits per heavy atom. The number of nitrogens with one attached hydrogen (secondary N) is 1. The van der Waals surface area contributed by atoms with Crippen LogP contribution in [0.15, 0.2) is 28.7 Å². The Bertz CT molecular complexity index is 336. The van der Waals surface area contributed by atoms with E-state index >= 15 is 0 Å². The summed E-state index contributed by atoms with van der Waals surface area (Å²) in [6.07, 6.45) is 0.917. The van der Waals surface area contributed by atoms with Crippen molar-refractivity contribution in [2.24, 2.45) is 0 Å². The first-order chi connectivity index (χ1) is 9.33. The number of halogens is 1. The maximum absolute atomic E-state index is 5.51. The minimum Gasteiger partial charge on any atom is -0.383 e. The van der Waals surface area contributed by atoms with Crippen molar-refractivity contribution in [1.82, 2.24) is 0 Å². The summed E-state index contributed by atoms with van der Waals surface area (Å²) >= 11 is 3.44. The lowest BCUT2D eigenvalue weighted by atomic mass is 10.3. The normalized spacial score (nSPS) is 10.6. The number of hydrogen-bond donors (Lipinski definition) is 1. The molecule has 0 aliphatic heterocycles. The molecule has 0 aliphatic carbocycles. The van der Waals surface area contributed by atoms with Gasteiger partial charge in [0, 0.05) is 37.0 Å². The van der Waals surface area contributed by atoms with E-state index in [-0.39, 0.29) is 0 Å². The van der Waals surface area contributed by atoms with Gasteiger partial charge in [0.25, 0.3) is 0 Å². The molecule has 0 amide bonds. The molecule has 0 aliphatic rings. The van der Waals surface area contributed by atoms with Crippen LogP contribution in [0.5, 0.6) is 0 Å². The molecule has 0 aromatic heterocycles. The van der Waals surface area contributed by atoms with Crippen LogP contribution in [0.1, 0.15) is 6.42 Å². The fourth-order valence-electron chi connectivity index (χ4n) is 1.48. The maximum atomic E-state index is 5.51. The highest BCUT2D eigenvalue weighted by atomic mass is 79.9. The number of anilines is 1. The van der Waals surface area contributed by atoms with Gasteiger partial charge in [-0.05, 0) is 24.6 Å². The monoisotopic (exact) mass is 331 g/mol. The van der Waals surface area contributed by atoms with Crippen molar-refractivity contribution < 1.29 is 14.2 Å². The average molecular weight is 332 g/mol. The van der Waals surface area contributed by atoms with Crippen LogP contribution in [0, 0.1) is 0 Å². The second-order valence-electron chi connectivity index (χ2n) is 4.01. The van der Waals surface area contributed by atoms with Crippen molar-refractivity contribution in [3.63, 3.8) is 0 Å². The highest BCUT2D eigenvalue weighted by Gasteiger charge is 1.94. The van der Waals surface area contributed by atoms with E-state index in [1.54, 1.807) is 7.11 Å².